The normalized spacial score (nSPS) is 10.0. The summed E-state index contributed by atoms with van der Waals surface area (Å²) in [6.07, 6.45) is 2.68. The van der Waals surface area contributed by atoms with E-state index >= 15 is 0 Å². The van der Waals surface area contributed by atoms with E-state index in [2.05, 4.69) is 4.85 Å². The van der Waals surface area contributed by atoms with E-state index in [4.69, 9.17) is 6.57 Å². The summed E-state index contributed by atoms with van der Waals surface area (Å²) >= 11 is 0. The number of rotatable bonds is 2. The van der Waals surface area contributed by atoms with E-state index in [0.29, 0.717) is 5.56 Å². The summed E-state index contributed by atoms with van der Waals surface area (Å²) in [6.45, 7) is 8.34. The third-order valence-electron chi connectivity index (χ3n) is 1.81. The Balaban J connectivity index is 3.31. The molecule has 0 atom stereocenters. The van der Waals surface area contributed by atoms with Crippen LogP contribution < -0.4 is 0 Å². The fourth-order valence-corrected chi connectivity index (χ4v) is 1.15. The predicted octanol–water partition coefficient (Wildman–Crippen LogP) is 2.79. The van der Waals surface area contributed by atoms with Crippen LogP contribution in [0.5, 0.6) is 0 Å². The molecule has 0 unspecified atom stereocenters. The molecule has 0 aliphatic heterocycles. The Labute approximate surface area is 81.5 Å². The molecule has 1 aromatic rings. The number of nitro benzene ring substituents is 1. The Morgan fingerprint density at radius 1 is 1.57 bits per heavy atom. The first-order valence-electron chi connectivity index (χ1n) is 3.94. The van der Waals surface area contributed by atoms with Gasteiger partial charge in [-0.25, -0.2) is 4.85 Å². The van der Waals surface area contributed by atoms with Gasteiger partial charge in [0.25, 0.3) is 5.69 Å². The van der Waals surface area contributed by atoms with E-state index in [9.17, 15) is 10.1 Å². The maximum absolute atomic E-state index is 10.6. The fourth-order valence-electron chi connectivity index (χ4n) is 1.15. The smallest absolute Gasteiger partial charge is 0.258 e. The van der Waals surface area contributed by atoms with Crippen molar-refractivity contribution in [3.8, 4) is 0 Å². The molecule has 0 saturated carbocycles. The Hall–Kier alpha value is -2.15. The van der Waals surface area contributed by atoms with E-state index in [1.807, 2.05) is 0 Å². The molecule has 0 N–H and O–H groups in total. The van der Waals surface area contributed by atoms with Crippen molar-refractivity contribution in [2.24, 2.45) is 0 Å². The average molecular weight is 188 g/mol. The van der Waals surface area contributed by atoms with E-state index < -0.39 is 4.92 Å². The van der Waals surface area contributed by atoms with Crippen LogP contribution >= 0.6 is 0 Å². The van der Waals surface area contributed by atoms with Gasteiger partial charge < -0.3 is 0 Å². The molecule has 0 radical (unpaired) electrons. The van der Waals surface area contributed by atoms with Gasteiger partial charge in [0.05, 0.1) is 11.5 Å². The average Bonchev–Trinajstić information content (AvgIpc) is 2.15. The monoisotopic (exact) mass is 188 g/mol. The topological polar surface area (TPSA) is 47.5 Å². The predicted molar refractivity (Wildman–Crippen MR) is 53.5 cm³/mol. The first-order valence-corrected chi connectivity index (χ1v) is 3.94. The highest BCUT2D eigenvalue weighted by Gasteiger charge is 2.11. The highest BCUT2D eigenvalue weighted by molar-refractivity contribution is 5.64. The molecule has 0 heterocycles. The largest absolute Gasteiger partial charge is 0.275 e. The second kappa shape index (κ2) is 4.19. The van der Waals surface area contributed by atoms with Crippen LogP contribution in [0.15, 0.2) is 24.4 Å². The van der Waals surface area contributed by atoms with E-state index in [0.717, 1.165) is 5.56 Å². The zero-order valence-electron chi connectivity index (χ0n) is 7.60. The second-order valence-corrected chi connectivity index (χ2v) is 2.71. The minimum Gasteiger partial charge on any atom is -0.258 e. The molecule has 0 fully saturated rings. The van der Waals surface area contributed by atoms with Crippen molar-refractivity contribution < 1.29 is 4.92 Å². The quantitative estimate of drug-likeness (QED) is 0.407. The zero-order chi connectivity index (χ0) is 10.6. The van der Waals surface area contributed by atoms with Gasteiger partial charge in [0.2, 0.25) is 0 Å². The molecule has 0 aliphatic rings. The lowest BCUT2D eigenvalue weighted by Gasteiger charge is -2.00. The third kappa shape index (κ3) is 1.96. The van der Waals surface area contributed by atoms with Crippen LogP contribution in [0.1, 0.15) is 11.1 Å². The van der Waals surface area contributed by atoms with Crippen LogP contribution in [0.3, 0.4) is 0 Å². The third-order valence-corrected chi connectivity index (χ3v) is 1.81. The van der Waals surface area contributed by atoms with Gasteiger partial charge in [-0.1, -0.05) is 12.1 Å². The molecule has 14 heavy (non-hydrogen) atoms. The molecule has 4 nitrogen and oxygen atoms in total. The first kappa shape index (κ1) is 9.93. The lowest BCUT2D eigenvalue weighted by molar-refractivity contribution is -0.385. The summed E-state index contributed by atoms with van der Waals surface area (Å²) in [5.41, 5.74) is 1.32. The van der Waals surface area contributed by atoms with Gasteiger partial charge in [-0.2, -0.15) is 0 Å². The van der Waals surface area contributed by atoms with Crippen molar-refractivity contribution in [3.05, 3.63) is 57.1 Å². The fraction of sp³-hybridized carbons (Fsp3) is 0.100. The van der Waals surface area contributed by atoms with Crippen molar-refractivity contribution in [2.45, 2.75) is 6.92 Å². The minimum atomic E-state index is -0.448. The van der Waals surface area contributed by atoms with E-state index in [1.165, 1.54) is 18.3 Å². The Morgan fingerprint density at radius 2 is 2.29 bits per heavy atom. The minimum absolute atomic E-state index is 0.0323. The summed E-state index contributed by atoms with van der Waals surface area (Å²) in [5, 5.41) is 10.6. The van der Waals surface area contributed by atoms with Crippen LogP contribution in [0, 0.1) is 23.6 Å². The Morgan fingerprint density at radius 3 is 2.86 bits per heavy atom. The molecular formula is C10H8N2O2. The number of hydrogen-bond acceptors (Lipinski definition) is 2. The molecule has 0 spiro atoms. The first-order chi connectivity index (χ1) is 6.66. The zero-order valence-corrected chi connectivity index (χ0v) is 7.60. The molecule has 1 rings (SSSR count). The summed E-state index contributed by atoms with van der Waals surface area (Å²) in [7, 11) is 0. The van der Waals surface area contributed by atoms with Crippen LogP contribution in [-0.2, 0) is 0 Å². The molecule has 1 aromatic carbocycles. The molecule has 0 saturated heterocycles. The van der Waals surface area contributed by atoms with Gasteiger partial charge in [-0.05, 0) is 18.6 Å². The molecular weight excluding hydrogens is 180 g/mol. The van der Waals surface area contributed by atoms with Gasteiger partial charge in [0.15, 0.2) is 6.20 Å². The van der Waals surface area contributed by atoms with Crippen LogP contribution in [0.4, 0.5) is 5.69 Å². The molecule has 4 heteroatoms. The number of nitrogens with zero attached hydrogens (tertiary/aromatic N) is 2. The molecule has 0 aliphatic carbocycles. The standard InChI is InChI=1S/C10H8N2O2/c1-8-4-3-5-10(12(13)14)9(8)6-7-11-2/h3-7H,1H3/b7-6+. The van der Waals surface area contributed by atoms with Crippen LogP contribution in [0.2, 0.25) is 0 Å². The van der Waals surface area contributed by atoms with Crippen molar-refractivity contribution in [1.82, 2.24) is 0 Å². The molecule has 0 aromatic heterocycles. The lowest BCUT2D eigenvalue weighted by atomic mass is 10.1. The molecule has 0 amide bonds. The highest BCUT2D eigenvalue weighted by atomic mass is 16.6. The summed E-state index contributed by atoms with van der Waals surface area (Å²) in [6, 6.07) is 4.83. The summed E-state index contributed by atoms with van der Waals surface area (Å²) in [5.74, 6) is 0. The number of benzene rings is 1. The van der Waals surface area contributed by atoms with Gasteiger partial charge in [-0.15, -0.1) is 0 Å². The van der Waals surface area contributed by atoms with Gasteiger partial charge >= 0.3 is 0 Å². The molecule has 70 valence electrons. The number of hydrogen-bond donors (Lipinski definition) is 0. The van der Waals surface area contributed by atoms with Crippen LogP contribution in [-0.4, -0.2) is 4.92 Å². The summed E-state index contributed by atoms with van der Waals surface area (Å²) in [4.78, 5) is 13.2. The van der Waals surface area contributed by atoms with Crippen molar-refractivity contribution >= 4 is 11.8 Å². The Bertz CT molecular complexity index is 430. The van der Waals surface area contributed by atoms with Crippen molar-refractivity contribution in [1.29, 1.82) is 0 Å². The lowest BCUT2D eigenvalue weighted by Crippen LogP contribution is -1.93. The van der Waals surface area contributed by atoms with Crippen molar-refractivity contribution in [3.63, 3.8) is 0 Å². The maximum Gasteiger partial charge on any atom is 0.275 e. The number of nitro groups is 1. The summed E-state index contributed by atoms with van der Waals surface area (Å²) < 4.78 is 0. The van der Waals surface area contributed by atoms with Gasteiger partial charge in [-0.3, -0.25) is 10.1 Å². The van der Waals surface area contributed by atoms with Gasteiger partial charge in [0.1, 0.15) is 0 Å². The number of aryl methyl sites for hydroxylation is 1. The molecule has 0 bridgehead atoms. The van der Waals surface area contributed by atoms with E-state index in [1.54, 1.807) is 19.1 Å². The second-order valence-electron chi connectivity index (χ2n) is 2.71. The van der Waals surface area contributed by atoms with Gasteiger partial charge in [0, 0.05) is 11.6 Å². The van der Waals surface area contributed by atoms with E-state index in [-0.39, 0.29) is 5.69 Å². The van der Waals surface area contributed by atoms with Crippen LogP contribution in [0.25, 0.3) is 10.9 Å². The Kier molecular flexibility index (Phi) is 2.97. The SMILES string of the molecule is [C-]#[N+]/C=C/c1c(C)cccc1[N+](=O)[O-]. The van der Waals surface area contributed by atoms with Crippen molar-refractivity contribution in [2.75, 3.05) is 0 Å². The highest BCUT2D eigenvalue weighted by Crippen LogP contribution is 2.22. The maximum atomic E-state index is 10.6.